The van der Waals surface area contributed by atoms with Gasteiger partial charge in [0, 0.05) is 26.2 Å². The standard InChI is InChI=1S/C19H29N3O4S.HI/c1-4-20-19(21-11-14-6-8-27(23,24)13-14)22-7-5-15-9-17(25-2)18(26-3)10-16(15)12-22;/h9-10,14H,4-8,11-13H2,1-3H3,(H,20,21);1H. The first-order chi connectivity index (χ1) is 13.0. The summed E-state index contributed by atoms with van der Waals surface area (Å²) in [5, 5.41) is 3.35. The van der Waals surface area contributed by atoms with E-state index in [0.717, 1.165) is 43.5 Å². The number of sulfone groups is 1. The maximum Gasteiger partial charge on any atom is 0.194 e. The Kier molecular flexibility index (Phi) is 8.23. The number of hydrogen-bond acceptors (Lipinski definition) is 5. The Bertz CT molecular complexity index is 814. The van der Waals surface area contributed by atoms with Crippen molar-refractivity contribution < 1.29 is 17.9 Å². The number of hydrogen-bond donors (Lipinski definition) is 1. The number of fused-ring (bicyclic) bond motifs is 1. The molecule has 0 bridgehead atoms. The number of methoxy groups -OCH3 is 2. The van der Waals surface area contributed by atoms with E-state index < -0.39 is 9.84 Å². The van der Waals surface area contributed by atoms with E-state index in [4.69, 9.17) is 14.5 Å². The molecule has 1 saturated heterocycles. The van der Waals surface area contributed by atoms with Gasteiger partial charge in [-0.05, 0) is 48.9 Å². The Morgan fingerprint density at radius 1 is 1.25 bits per heavy atom. The molecule has 1 atom stereocenters. The maximum absolute atomic E-state index is 11.7. The van der Waals surface area contributed by atoms with Crippen LogP contribution in [-0.2, 0) is 22.8 Å². The molecule has 0 aromatic heterocycles. The fourth-order valence-electron chi connectivity index (χ4n) is 3.72. The molecule has 0 saturated carbocycles. The van der Waals surface area contributed by atoms with Crippen molar-refractivity contribution in [3.05, 3.63) is 23.3 Å². The van der Waals surface area contributed by atoms with Gasteiger partial charge in [0.2, 0.25) is 0 Å². The topological polar surface area (TPSA) is 80.2 Å². The van der Waals surface area contributed by atoms with Crippen LogP contribution in [0.3, 0.4) is 0 Å². The van der Waals surface area contributed by atoms with Crippen molar-refractivity contribution in [1.29, 1.82) is 0 Å². The van der Waals surface area contributed by atoms with Crippen molar-refractivity contribution in [2.24, 2.45) is 10.9 Å². The first-order valence-electron chi connectivity index (χ1n) is 9.43. The minimum absolute atomic E-state index is 0. The molecule has 9 heteroatoms. The summed E-state index contributed by atoms with van der Waals surface area (Å²) in [6.07, 6.45) is 1.61. The summed E-state index contributed by atoms with van der Waals surface area (Å²) in [6.45, 7) is 4.97. The second-order valence-electron chi connectivity index (χ2n) is 7.11. The third-order valence-corrected chi connectivity index (χ3v) is 7.02. The van der Waals surface area contributed by atoms with Crippen LogP contribution in [0, 0.1) is 5.92 Å². The molecule has 0 spiro atoms. The zero-order chi connectivity index (χ0) is 19.4. The molecule has 7 nitrogen and oxygen atoms in total. The number of guanidine groups is 1. The lowest BCUT2D eigenvalue weighted by Gasteiger charge is -2.32. The Morgan fingerprint density at radius 2 is 1.93 bits per heavy atom. The van der Waals surface area contributed by atoms with Gasteiger partial charge in [0.15, 0.2) is 27.3 Å². The molecule has 28 heavy (non-hydrogen) atoms. The number of benzene rings is 1. The number of nitrogens with zero attached hydrogens (tertiary/aromatic N) is 2. The van der Waals surface area contributed by atoms with Crippen LogP contribution in [0.5, 0.6) is 11.5 Å². The summed E-state index contributed by atoms with van der Waals surface area (Å²) in [6, 6.07) is 4.09. The lowest BCUT2D eigenvalue weighted by molar-refractivity contribution is 0.345. The number of halogens is 1. The highest BCUT2D eigenvalue weighted by Crippen LogP contribution is 2.33. The molecule has 1 aromatic carbocycles. The Balaban J connectivity index is 0.00000280. The van der Waals surface area contributed by atoms with Gasteiger partial charge in [0.25, 0.3) is 0 Å². The van der Waals surface area contributed by atoms with Crippen molar-refractivity contribution in [1.82, 2.24) is 10.2 Å². The molecule has 0 amide bonds. The number of aliphatic imine (C=N–C) groups is 1. The molecule has 0 aliphatic carbocycles. The van der Waals surface area contributed by atoms with E-state index in [1.54, 1.807) is 14.2 Å². The third-order valence-electron chi connectivity index (χ3n) is 5.18. The van der Waals surface area contributed by atoms with Crippen molar-refractivity contribution in [2.45, 2.75) is 26.3 Å². The van der Waals surface area contributed by atoms with Crippen LogP contribution in [0.15, 0.2) is 17.1 Å². The van der Waals surface area contributed by atoms with Gasteiger partial charge in [-0.25, -0.2) is 8.42 Å². The monoisotopic (exact) mass is 523 g/mol. The van der Waals surface area contributed by atoms with Gasteiger partial charge in [0.05, 0.1) is 25.7 Å². The van der Waals surface area contributed by atoms with Crippen molar-refractivity contribution in [2.75, 3.05) is 45.4 Å². The predicted molar refractivity (Wildman–Crippen MR) is 122 cm³/mol. The van der Waals surface area contributed by atoms with E-state index in [9.17, 15) is 8.42 Å². The number of ether oxygens (including phenoxy) is 2. The van der Waals surface area contributed by atoms with Gasteiger partial charge < -0.3 is 19.7 Å². The molecule has 2 heterocycles. The summed E-state index contributed by atoms with van der Waals surface area (Å²) < 4.78 is 34.2. The highest BCUT2D eigenvalue weighted by Gasteiger charge is 2.28. The van der Waals surface area contributed by atoms with Crippen LogP contribution < -0.4 is 14.8 Å². The second kappa shape index (κ2) is 10.00. The first kappa shape index (κ1) is 23.1. The molecule has 1 fully saturated rings. The Morgan fingerprint density at radius 3 is 2.50 bits per heavy atom. The highest BCUT2D eigenvalue weighted by atomic mass is 127. The van der Waals surface area contributed by atoms with Crippen LogP contribution in [0.2, 0.25) is 0 Å². The van der Waals surface area contributed by atoms with Crippen LogP contribution >= 0.6 is 24.0 Å². The number of nitrogens with one attached hydrogen (secondary N) is 1. The second-order valence-corrected chi connectivity index (χ2v) is 9.34. The largest absolute Gasteiger partial charge is 0.493 e. The minimum Gasteiger partial charge on any atom is -0.493 e. The number of rotatable bonds is 5. The highest BCUT2D eigenvalue weighted by molar-refractivity contribution is 14.0. The summed E-state index contributed by atoms with van der Waals surface area (Å²) >= 11 is 0. The normalized spacial score (nSPS) is 20.9. The first-order valence-corrected chi connectivity index (χ1v) is 11.2. The summed E-state index contributed by atoms with van der Waals surface area (Å²) in [5.74, 6) is 3.02. The molecular formula is C19H30IN3O4S. The fourth-order valence-corrected chi connectivity index (χ4v) is 5.57. The molecule has 1 N–H and O–H groups in total. The average molecular weight is 523 g/mol. The van der Waals surface area contributed by atoms with E-state index in [-0.39, 0.29) is 35.6 Å². The van der Waals surface area contributed by atoms with Gasteiger partial charge in [-0.15, -0.1) is 24.0 Å². The average Bonchev–Trinajstić information content (AvgIpc) is 3.02. The van der Waals surface area contributed by atoms with Crippen molar-refractivity contribution >= 4 is 39.8 Å². The van der Waals surface area contributed by atoms with E-state index >= 15 is 0 Å². The van der Waals surface area contributed by atoms with Crippen LogP contribution in [0.4, 0.5) is 0 Å². The lowest BCUT2D eigenvalue weighted by Crippen LogP contribution is -2.44. The molecule has 0 radical (unpaired) electrons. The molecule has 2 aliphatic heterocycles. The molecule has 1 aromatic rings. The SMILES string of the molecule is CCNC(=NCC1CCS(=O)(=O)C1)N1CCc2cc(OC)c(OC)cc2C1.I. The molecule has 2 aliphatic rings. The van der Waals surface area contributed by atoms with Crippen molar-refractivity contribution in [3.63, 3.8) is 0 Å². The summed E-state index contributed by atoms with van der Waals surface area (Å²) in [7, 11) is 0.432. The Hall–Kier alpha value is -1.23. The van der Waals surface area contributed by atoms with E-state index in [2.05, 4.69) is 16.3 Å². The fraction of sp³-hybridized carbons (Fsp3) is 0.632. The zero-order valence-electron chi connectivity index (χ0n) is 16.7. The van der Waals surface area contributed by atoms with E-state index in [0.29, 0.717) is 18.7 Å². The van der Waals surface area contributed by atoms with Gasteiger partial charge in [-0.1, -0.05) is 0 Å². The summed E-state index contributed by atoms with van der Waals surface area (Å²) in [4.78, 5) is 6.97. The smallest absolute Gasteiger partial charge is 0.194 e. The van der Waals surface area contributed by atoms with Gasteiger partial charge >= 0.3 is 0 Å². The van der Waals surface area contributed by atoms with Gasteiger partial charge in [-0.3, -0.25) is 4.99 Å². The van der Waals surface area contributed by atoms with Gasteiger partial charge in [0.1, 0.15) is 0 Å². The zero-order valence-corrected chi connectivity index (χ0v) is 19.9. The van der Waals surface area contributed by atoms with Crippen LogP contribution in [0.1, 0.15) is 24.5 Å². The predicted octanol–water partition coefficient (Wildman–Crippen LogP) is 2.08. The molecule has 3 rings (SSSR count). The Labute approximate surface area is 184 Å². The van der Waals surface area contributed by atoms with Crippen LogP contribution in [0.25, 0.3) is 0 Å². The molecular weight excluding hydrogens is 493 g/mol. The quantitative estimate of drug-likeness (QED) is 0.362. The maximum atomic E-state index is 11.7. The van der Waals surface area contributed by atoms with E-state index in [1.807, 2.05) is 13.0 Å². The third kappa shape index (κ3) is 5.43. The van der Waals surface area contributed by atoms with Gasteiger partial charge in [-0.2, -0.15) is 0 Å². The molecule has 158 valence electrons. The van der Waals surface area contributed by atoms with Crippen molar-refractivity contribution in [3.8, 4) is 11.5 Å². The minimum atomic E-state index is -2.86. The molecule has 1 unspecified atom stereocenters. The van der Waals surface area contributed by atoms with Crippen LogP contribution in [-0.4, -0.2) is 64.6 Å². The summed E-state index contributed by atoms with van der Waals surface area (Å²) in [5.41, 5.74) is 2.47. The lowest BCUT2D eigenvalue weighted by atomic mass is 9.99. The van der Waals surface area contributed by atoms with E-state index in [1.165, 1.54) is 11.1 Å².